The van der Waals surface area contributed by atoms with Crippen LogP contribution in [0.2, 0.25) is 0 Å². The van der Waals surface area contributed by atoms with Crippen molar-refractivity contribution in [2.45, 2.75) is 20.0 Å². The molecule has 0 radical (unpaired) electrons. The highest BCUT2D eigenvalue weighted by molar-refractivity contribution is 5.99. The third kappa shape index (κ3) is 4.91. The van der Waals surface area contributed by atoms with Crippen LogP contribution < -0.4 is 19.5 Å². The third-order valence-electron chi connectivity index (χ3n) is 3.72. The van der Waals surface area contributed by atoms with Crippen molar-refractivity contribution in [3.05, 3.63) is 48.0 Å². The summed E-state index contributed by atoms with van der Waals surface area (Å²) in [5, 5.41) is 2.71. The van der Waals surface area contributed by atoms with E-state index in [0.717, 1.165) is 0 Å². The first-order chi connectivity index (χ1) is 13.0. The average Bonchev–Trinajstić information content (AvgIpc) is 2.68. The van der Waals surface area contributed by atoms with Crippen LogP contribution in [0.1, 0.15) is 24.2 Å². The summed E-state index contributed by atoms with van der Waals surface area (Å²) in [6.07, 6.45) is -1.02. The first-order valence-electron chi connectivity index (χ1n) is 8.46. The zero-order chi connectivity index (χ0) is 19.8. The number of nitrogens with one attached hydrogen (secondary N) is 1. The number of rotatable bonds is 8. The number of anilines is 1. The Morgan fingerprint density at radius 3 is 2.37 bits per heavy atom. The molecule has 0 aliphatic carbocycles. The number of hydrogen-bond donors (Lipinski definition) is 1. The van der Waals surface area contributed by atoms with Crippen LogP contribution in [0.25, 0.3) is 0 Å². The van der Waals surface area contributed by atoms with Gasteiger partial charge in [0.25, 0.3) is 5.91 Å². The van der Waals surface area contributed by atoms with E-state index in [4.69, 9.17) is 18.9 Å². The first kappa shape index (κ1) is 20.1. The van der Waals surface area contributed by atoms with Gasteiger partial charge in [0.05, 0.1) is 26.5 Å². The highest BCUT2D eigenvalue weighted by atomic mass is 16.6. The van der Waals surface area contributed by atoms with Gasteiger partial charge in [0, 0.05) is 0 Å². The minimum Gasteiger partial charge on any atom is -0.493 e. The second-order valence-corrected chi connectivity index (χ2v) is 5.51. The van der Waals surface area contributed by atoms with Gasteiger partial charge in [-0.1, -0.05) is 18.2 Å². The summed E-state index contributed by atoms with van der Waals surface area (Å²) in [6.45, 7) is 3.81. The van der Waals surface area contributed by atoms with E-state index in [1.54, 1.807) is 42.5 Å². The summed E-state index contributed by atoms with van der Waals surface area (Å²) in [6, 6.07) is 11.9. The molecule has 1 atom stereocenters. The molecule has 0 bridgehead atoms. The molecular weight excluding hydrogens is 350 g/mol. The number of hydrogen-bond acceptors (Lipinski definition) is 6. The molecule has 0 saturated carbocycles. The Morgan fingerprint density at radius 1 is 1.00 bits per heavy atom. The summed E-state index contributed by atoms with van der Waals surface area (Å²) in [5.74, 6) is 0.0270. The van der Waals surface area contributed by atoms with Gasteiger partial charge in [0.2, 0.25) is 0 Å². The zero-order valence-corrected chi connectivity index (χ0v) is 15.8. The first-order valence-corrected chi connectivity index (χ1v) is 8.46. The summed E-state index contributed by atoms with van der Waals surface area (Å²) >= 11 is 0. The number of esters is 1. The molecule has 144 valence electrons. The Morgan fingerprint density at radius 2 is 1.70 bits per heavy atom. The van der Waals surface area contributed by atoms with Crippen LogP contribution in [-0.4, -0.2) is 38.8 Å². The lowest BCUT2D eigenvalue weighted by molar-refractivity contribution is -0.123. The molecule has 0 fully saturated rings. The van der Waals surface area contributed by atoms with Gasteiger partial charge < -0.3 is 24.3 Å². The van der Waals surface area contributed by atoms with E-state index < -0.39 is 18.0 Å². The van der Waals surface area contributed by atoms with Crippen LogP contribution in [0.15, 0.2) is 42.5 Å². The van der Waals surface area contributed by atoms with Crippen LogP contribution in [0.4, 0.5) is 5.69 Å². The third-order valence-corrected chi connectivity index (χ3v) is 3.72. The van der Waals surface area contributed by atoms with Crippen molar-refractivity contribution in [3.63, 3.8) is 0 Å². The van der Waals surface area contributed by atoms with Crippen molar-refractivity contribution in [1.29, 1.82) is 0 Å². The standard InChI is InChI=1S/C20H23NO6/c1-5-26-16-11-7-6-10-15(16)21-19(22)13(2)27-20(23)14-9-8-12-17(24-3)18(14)25-4/h6-13H,5H2,1-4H3,(H,21,22). The Bertz CT molecular complexity index is 805. The quantitative estimate of drug-likeness (QED) is 0.715. The Labute approximate surface area is 158 Å². The zero-order valence-electron chi connectivity index (χ0n) is 15.8. The number of carbonyl (C=O) groups excluding carboxylic acids is 2. The molecule has 0 saturated heterocycles. The number of carbonyl (C=O) groups is 2. The van der Waals surface area contributed by atoms with Gasteiger partial charge in [-0.05, 0) is 38.1 Å². The second-order valence-electron chi connectivity index (χ2n) is 5.51. The predicted octanol–water partition coefficient (Wildman–Crippen LogP) is 3.29. The number of amides is 1. The van der Waals surface area contributed by atoms with Crippen molar-refractivity contribution in [1.82, 2.24) is 0 Å². The van der Waals surface area contributed by atoms with E-state index in [1.807, 2.05) is 6.92 Å². The molecule has 7 heteroatoms. The van der Waals surface area contributed by atoms with Gasteiger partial charge in [-0.15, -0.1) is 0 Å². The topological polar surface area (TPSA) is 83.1 Å². The van der Waals surface area contributed by atoms with Crippen LogP contribution in [0, 0.1) is 0 Å². The minimum absolute atomic E-state index is 0.172. The molecule has 2 aromatic carbocycles. The molecule has 0 aromatic heterocycles. The Balaban J connectivity index is 2.10. The highest BCUT2D eigenvalue weighted by Crippen LogP contribution is 2.31. The predicted molar refractivity (Wildman–Crippen MR) is 101 cm³/mol. The second kappa shape index (κ2) is 9.47. The Kier molecular flexibility index (Phi) is 7.05. The monoisotopic (exact) mass is 373 g/mol. The maximum absolute atomic E-state index is 12.5. The molecule has 1 N–H and O–H groups in total. The van der Waals surface area contributed by atoms with Gasteiger partial charge >= 0.3 is 5.97 Å². The molecule has 7 nitrogen and oxygen atoms in total. The summed E-state index contributed by atoms with van der Waals surface area (Å²) in [4.78, 5) is 24.9. The maximum Gasteiger partial charge on any atom is 0.342 e. The molecule has 1 amide bonds. The van der Waals surface area contributed by atoms with E-state index in [-0.39, 0.29) is 11.3 Å². The molecule has 0 aliphatic heterocycles. The smallest absolute Gasteiger partial charge is 0.342 e. The summed E-state index contributed by atoms with van der Waals surface area (Å²) in [7, 11) is 2.90. The fraction of sp³-hybridized carbons (Fsp3) is 0.300. The van der Waals surface area contributed by atoms with Gasteiger partial charge in [0.1, 0.15) is 11.3 Å². The SMILES string of the molecule is CCOc1ccccc1NC(=O)C(C)OC(=O)c1cccc(OC)c1OC. The van der Waals surface area contributed by atoms with Gasteiger partial charge in [-0.25, -0.2) is 4.79 Å². The minimum atomic E-state index is -1.02. The van der Waals surface area contributed by atoms with Crippen molar-refractivity contribution in [3.8, 4) is 17.2 Å². The average molecular weight is 373 g/mol. The Hall–Kier alpha value is -3.22. The molecule has 1 unspecified atom stereocenters. The van der Waals surface area contributed by atoms with E-state index in [1.165, 1.54) is 21.1 Å². The fourth-order valence-corrected chi connectivity index (χ4v) is 2.41. The van der Waals surface area contributed by atoms with E-state index in [9.17, 15) is 9.59 Å². The highest BCUT2D eigenvalue weighted by Gasteiger charge is 2.23. The molecule has 27 heavy (non-hydrogen) atoms. The van der Waals surface area contributed by atoms with Crippen LogP contribution in [0.5, 0.6) is 17.2 Å². The van der Waals surface area contributed by atoms with E-state index in [2.05, 4.69) is 5.32 Å². The summed E-state index contributed by atoms with van der Waals surface area (Å²) < 4.78 is 21.2. The molecular formula is C20H23NO6. The van der Waals surface area contributed by atoms with Crippen LogP contribution in [-0.2, 0) is 9.53 Å². The van der Waals surface area contributed by atoms with Crippen molar-refractivity contribution in [2.24, 2.45) is 0 Å². The molecule has 2 aromatic rings. The van der Waals surface area contributed by atoms with Crippen molar-refractivity contribution < 1.29 is 28.5 Å². The lowest BCUT2D eigenvalue weighted by atomic mass is 10.2. The van der Waals surface area contributed by atoms with Crippen LogP contribution in [0.3, 0.4) is 0 Å². The molecule has 2 rings (SSSR count). The van der Waals surface area contributed by atoms with Gasteiger partial charge in [-0.2, -0.15) is 0 Å². The van der Waals surface area contributed by atoms with E-state index in [0.29, 0.717) is 23.8 Å². The maximum atomic E-state index is 12.5. The number of ether oxygens (including phenoxy) is 4. The fourth-order valence-electron chi connectivity index (χ4n) is 2.41. The lowest BCUT2D eigenvalue weighted by Gasteiger charge is -2.17. The van der Waals surface area contributed by atoms with Gasteiger partial charge in [-0.3, -0.25) is 4.79 Å². The van der Waals surface area contributed by atoms with Crippen molar-refractivity contribution >= 4 is 17.6 Å². The number of benzene rings is 2. The van der Waals surface area contributed by atoms with Gasteiger partial charge in [0.15, 0.2) is 17.6 Å². The van der Waals surface area contributed by atoms with Crippen molar-refractivity contribution in [2.75, 3.05) is 26.1 Å². The van der Waals surface area contributed by atoms with Crippen LogP contribution >= 0.6 is 0 Å². The number of para-hydroxylation sites is 3. The molecule has 0 aliphatic rings. The molecule has 0 spiro atoms. The lowest BCUT2D eigenvalue weighted by Crippen LogP contribution is -2.30. The normalized spacial score (nSPS) is 11.3. The van der Waals surface area contributed by atoms with E-state index >= 15 is 0 Å². The largest absolute Gasteiger partial charge is 0.493 e. The number of methoxy groups -OCH3 is 2. The molecule has 0 heterocycles. The summed E-state index contributed by atoms with van der Waals surface area (Å²) in [5.41, 5.74) is 0.678.